The second-order valence-corrected chi connectivity index (χ2v) is 7.74. The Morgan fingerprint density at radius 1 is 1.23 bits per heavy atom. The van der Waals surface area contributed by atoms with Crippen LogP contribution in [0.25, 0.3) is 0 Å². The number of benzene rings is 2. The Kier molecular flexibility index (Phi) is 5.12. The molecule has 0 fully saturated rings. The first-order valence-electron chi connectivity index (χ1n) is 9.22. The van der Waals surface area contributed by atoms with E-state index < -0.39 is 0 Å². The van der Waals surface area contributed by atoms with Crippen LogP contribution in [-0.4, -0.2) is 18.3 Å². The molecule has 1 atom stereocenters. The molecule has 0 aromatic heterocycles. The number of rotatable bonds is 4. The number of hydrogen-bond acceptors (Lipinski definition) is 2. The highest BCUT2D eigenvalue weighted by atomic mass is 19.1. The molecular weight excluding hydrogens is 330 g/mol. The Morgan fingerprint density at radius 3 is 2.69 bits per heavy atom. The maximum absolute atomic E-state index is 14.8. The van der Waals surface area contributed by atoms with Crippen LogP contribution >= 0.6 is 0 Å². The molecule has 0 bridgehead atoms. The summed E-state index contributed by atoms with van der Waals surface area (Å²) in [6, 6.07) is 9.53. The molecule has 0 N–H and O–H groups in total. The van der Waals surface area contributed by atoms with E-state index in [0.717, 1.165) is 30.6 Å². The van der Waals surface area contributed by atoms with Gasteiger partial charge in [-0.25, -0.2) is 8.78 Å². The van der Waals surface area contributed by atoms with Gasteiger partial charge in [-0.1, -0.05) is 19.9 Å². The van der Waals surface area contributed by atoms with E-state index in [9.17, 15) is 8.78 Å². The highest BCUT2D eigenvalue weighted by Gasteiger charge is 2.36. The summed E-state index contributed by atoms with van der Waals surface area (Å²) in [5.41, 5.74) is 3.06. The second-order valence-electron chi connectivity index (χ2n) is 7.74. The molecule has 0 radical (unpaired) electrons. The molecule has 1 heterocycles. The van der Waals surface area contributed by atoms with E-state index in [-0.39, 0.29) is 17.2 Å². The van der Waals surface area contributed by atoms with Crippen molar-refractivity contribution in [2.45, 2.75) is 52.0 Å². The zero-order valence-corrected chi connectivity index (χ0v) is 15.9. The monoisotopic (exact) mass is 356 g/mol. The third kappa shape index (κ3) is 3.64. The van der Waals surface area contributed by atoms with Gasteiger partial charge in [0, 0.05) is 29.5 Å². The SMILES string of the molecule is CCCN1c2cc(F)c(C=Nc3cccc(F)c3)cc2C(C)CC1(C)C. The second kappa shape index (κ2) is 7.18. The summed E-state index contributed by atoms with van der Waals surface area (Å²) in [5.74, 6) is -0.304. The molecule has 0 saturated carbocycles. The third-order valence-electron chi connectivity index (χ3n) is 5.11. The summed E-state index contributed by atoms with van der Waals surface area (Å²) < 4.78 is 28.0. The van der Waals surface area contributed by atoms with Crippen LogP contribution < -0.4 is 4.90 Å². The Balaban J connectivity index is 2.00. The molecule has 26 heavy (non-hydrogen) atoms. The van der Waals surface area contributed by atoms with Gasteiger partial charge in [0.05, 0.1) is 5.69 Å². The first-order chi connectivity index (χ1) is 12.3. The van der Waals surface area contributed by atoms with Crippen molar-refractivity contribution in [2.24, 2.45) is 4.99 Å². The molecule has 2 aromatic rings. The summed E-state index contributed by atoms with van der Waals surface area (Å²) in [6.45, 7) is 9.68. The van der Waals surface area contributed by atoms with E-state index in [1.54, 1.807) is 18.2 Å². The van der Waals surface area contributed by atoms with Gasteiger partial charge in [0.2, 0.25) is 0 Å². The summed E-state index contributed by atoms with van der Waals surface area (Å²) in [7, 11) is 0. The van der Waals surface area contributed by atoms with Crippen LogP contribution in [-0.2, 0) is 0 Å². The van der Waals surface area contributed by atoms with Crippen molar-refractivity contribution in [1.82, 2.24) is 0 Å². The van der Waals surface area contributed by atoms with Crippen molar-refractivity contribution in [3.63, 3.8) is 0 Å². The number of hydrogen-bond donors (Lipinski definition) is 0. The quantitative estimate of drug-likeness (QED) is 0.594. The maximum Gasteiger partial charge on any atom is 0.134 e. The predicted molar refractivity (Wildman–Crippen MR) is 105 cm³/mol. The van der Waals surface area contributed by atoms with E-state index in [0.29, 0.717) is 17.2 Å². The molecule has 1 aliphatic heterocycles. The topological polar surface area (TPSA) is 15.6 Å². The van der Waals surface area contributed by atoms with Crippen LogP contribution in [0.1, 0.15) is 57.6 Å². The average Bonchev–Trinajstić information content (AvgIpc) is 2.57. The molecule has 0 amide bonds. The fraction of sp³-hybridized carbons (Fsp3) is 0.409. The van der Waals surface area contributed by atoms with Gasteiger partial charge in [-0.05, 0) is 68.5 Å². The van der Waals surface area contributed by atoms with E-state index >= 15 is 0 Å². The van der Waals surface area contributed by atoms with Gasteiger partial charge in [0.15, 0.2) is 0 Å². The van der Waals surface area contributed by atoms with Crippen LogP contribution in [0.15, 0.2) is 41.4 Å². The molecule has 3 rings (SSSR count). The minimum absolute atomic E-state index is 0.00599. The lowest BCUT2D eigenvalue weighted by atomic mass is 9.79. The fourth-order valence-electron chi connectivity index (χ4n) is 3.97. The van der Waals surface area contributed by atoms with E-state index in [1.807, 2.05) is 6.07 Å². The van der Waals surface area contributed by atoms with Crippen molar-refractivity contribution >= 4 is 17.6 Å². The van der Waals surface area contributed by atoms with Gasteiger partial charge in [-0.2, -0.15) is 0 Å². The van der Waals surface area contributed by atoms with E-state index in [4.69, 9.17) is 0 Å². The van der Waals surface area contributed by atoms with Crippen molar-refractivity contribution in [3.8, 4) is 0 Å². The average molecular weight is 356 g/mol. The zero-order chi connectivity index (χ0) is 18.9. The Morgan fingerprint density at radius 2 is 2.00 bits per heavy atom. The third-order valence-corrected chi connectivity index (χ3v) is 5.11. The molecule has 0 saturated heterocycles. The normalized spacial score (nSPS) is 19.0. The summed E-state index contributed by atoms with van der Waals surface area (Å²) in [6.07, 6.45) is 3.52. The molecule has 1 aliphatic rings. The van der Waals surface area contributed by atoms with Gasteiger partial charge in [-0.3, -0.25) is 4.99 Å². The van der Waals surface area contributed by atoms with Crippen molar-refractivity contribution in [1.29, 1.82) is 0 Å². The molecule has 138 valence electrons. The predicted octanol–water partition coefficient (Wildman–Crippen LogP) is 6.22. The molecule has 0 aliphatic carbocycles. The molecule has 2 nitrogen and oxygen atoms in total. The fourth-order valence-corrected chi connectivity index (χ4v) is 3.97. The van der Waals surface area contributed by atoms with E-state index in [1.165, 1.54) is 18.3 Å². The van der Waals surface area contributed by atoms with E-state index in [2.05, 4.69) is 37.6 Å². The van der Waals surface area contributed by atoms with Crippen molar-refractivity contribution < 1.29 is 8.78 Å². The van der Waals surface area contributed by atoms with Gasteiger partial charge in [0.1, 0.15) is 11.6 Å². The largest absolute Gasteiger partial charge is 0.366 e. The minimum atomic E-state index is -0.350. The van der Waals surface area contributed by atoms with Crippen molar-refractivity contribution in [2.75, 3.05) is 11.4 Å². The Labute approximate surface area is 154 Å². The van der Waals surface area contributed by atoms with Gasteiger partial charge in [0.25, 0.3) is 0 Å². The Bertz CT molecular complexity index is 827. The highest BCUT2D eigenvalue weighted by molar-refractivity contribution is 5.84. The molecule has 1 unspecified atom stereocenters. The molecule has 0 spiro atoms. The van der Waals surface area contributed by atoms with Crippen LogP contribution in [0.5, 0.6) is 0 Å². The molecular formula is C22H26F2N2. The van der Waals surface area contributed by atoms with Crippen molar-refractivity contribution in [3.05, 3.63) is 59.2 Å². The molecule has 2 aromatic carbocycles. The number of halogens is 2. The van der Waals surface area contributed by atoms with Crippen LogP contribution in [0, 0.1) is 11.6 Å². The summed E-state index contributed by atoms with van der Waals surface area (Å²) >= 11 is 0. The lowest BCUT2D eigenvalue weighted by Crippen LogP contribution is -2.48. The first-order valence-corrected chi connectivity index (χ1v) is 9.22. The zero-order valence-electron chi connectivity index (χ0n) is 15.9. The van der Waals surface area contributed by atoms with Crippen LogP contribution in [0.2, 0.25) is 0 Å². The maximum atomic E-state index is 14.8. The highest BCUT2D eigenvalue weighted by Crippen LogP contribution is 2.44. The Hall–Kier alpha value is -2.23. The lowest BCUT2D eigenvalue weighted by Gasteiger charge is -2.47. The summed E-state index contributed by atoms with van der Waals surface area (Å²) in [4.78, 5) is 6.56. The number of fused-ring (bicyclic) bond motifs is 1. The van der Waals surface area contributed by atoms with Gasteiger partial charge >= 0.3 is 0 Å². The number of aliphatic imine (C=N–C) groups is 1. The lowest BCUT2D eigenvalue weighted by molar-refractivity contribution is 0.375. The van der Waals surface area contributed by atoms with Gasteiger partial charge in [-0.15, -0.1) is 0 Å². The standard InChI is InChI=1S/C22H26F2N2/c1-5-9-26-21-12-20(24)16(10-19(21)15(2)13-22(26,3)4)14-25-18-8-6-7-17(23)11-18/h6-8,10-12,14-15H,5,9,13H2,1-4H3. The number of nitrogens with zero attached hydrogens (tertiary/aromatic N) is 2. The number of anilines is 1. The minimum Gasteiger partial charge on any atom is -0.366 e. The van der Waals surface area contributed by atoms with Crippen LogP contribution in [0.3, 0.4) is 0 Å². The van der Waals surface area contributed by atoms with Crippen LogP contribution in [0.4, 0.5) is 20.2 Å². The smallest absolute Gasteiger partial charge is 0.134 e. The molecule has 4 heteroatoms. The summed E-state index contributed by atoms with van der Waals surface area (Å²) in [5, 5.41) is 0. The van der Waals surface area contributed by atoms with Gasteiger partial charge < -0.3 is 4.90 Å². The first kappa shape index (κ1) is 18.6.